The largest absolute Gasteiger partial charge is 0.444 e. The Kier molecular flexibility index (Phi) is 5.67. The number of anilines is 2. The summed E-state index contributed by atoms with van der Waals surface area (Å²) in [6.45, 7) is 7.05. The molecule has 2 aromatic carbocycles. The average molecular weight is 450 g/mol. The molecule has 0 bridgehead atoms. The summed E-state index contributed by atoms with van der Waals surface area (Å²) in [5.41, 5.74) is 3.33. The minimum absolute atomic E-state index is 0.297. The van der Waals surface area contributed by atoms with Crippen molar-refractivity contribution in [2.75, 3.05) is 10.6 Å². The first kappa shape index (κ1) is 21.5. The molecule has 8 nitrogen and oxygen atoms in total. The molecule has 2 amide bonds. The number of carbonyl (C=O) groups excluding carboxylic acids is 2. The Morgan fingerprint density at radius 1 is 1.00 bits per heavy atom. The number of nitrogens with one attached hydrogen (secondary N) is 3. The summed E-state index contributed by atoms with van der Waals surface area (Å²) >= 11 is 1.09. The van der Waals surface area contributed by atoms with Crippen LogP contribution in [0.5, 0.6) is 0 Å². The molecular formula is C23H23N5O3S. The van der Waals surface area contributed by atoms with E-state index in [2.05, 4.69) is 25.6 Å². The summed E-state index contributed by atoms with van der Waals surface area (Å²) in [6, 6.07) is 15.2. The zero-order chi connectivity index (χ0) is 22.9. The molecule has 0 fully saturated rings. The number of hydrogen-bond donors (Lipinski definition) is 3. The van der Waals surface area contributed by atoms with Gasteiger partial charge in [-0.25, -0.2) is 14.8 Å². The number of aryl methyl sites for hydroxylation is 1. The van der Waals surface area contributed by atoms with Crippen molar-refractivity contribution in [2.24, 2.45) is 0 Å². The molecule has 4 aromatic rings. The Morgan fingerprint density at radius 3 is 2.41 bits per heavy atom. The van der Waals surface area contributed by atoms with Crippen LogP contribution in [0.25, 0.3) is 22.4 Å². The molecule has 3 N–H and O–H groups in total. The molecule has 32 heavy (non-hydrogen) atoms. The van der Waals surface area contributed by atoms with Gasteiger partial charge in [0.1, 0.15) is 16.3 Å². The van der Waals surface area contributed by atoms with E-state index in [1.165, 1.54) is 0 Å². The summed E-state index contributed by atoms with van der Waals surface area (Å²) in [5, 5.41) is 5.74. The number of benzene rings is 2. The summed E-state index contributed by atoms with van der Waals surface area (Å²) < 4.78 is 5.22. The van der Waals surface area contributed by atoms with Gasteiger partial charge < -0.3 is 15.0 Å². The van der Waals surface area contributed by atoms with Gasteiger partial charge in [0.05, 0.1) is 16.7 Å². The lowest BCUT2D eigenvalue weighted by Crippen LogP contribution is -2.27. The topological polar surface area (TPSA) is 109 Å². The first-order chi connectivity index (χ1) is 15.2. The molecule has 164 valence electrons. The molecule has 0 unspecified atom stereocenters. The number of carbonyl (C=O) groups is 2. The molecular weight excluding hydrogens is 426 g/mol. The molecule has 9 heteroatoms. The van der Waals surface area contributed by atoms with Gasteiger partial charge in [0.2, 0.25) is 0 Å². The van der Waals surface area contributed by atoms with Gasteiger partial charge in [0.25, 0.3) is 5.91 Å². The van der Waals surface area contributed by atoms with E-state index in [-0.39, 0.29) is 5.91 Å². The molecule has 0 saturated carbocycles. The molecule has 0 aliphatic rings. The first-order valence-corrected chi connectivity index (χ1v) is 10.8. The standard InChI is InChI=1S/C23H23N5O3S/c1-13-18(32-21(24-13)28-22(30)31-23(2,3)4)20(29)25-15-11-9-14(10-12-15)19-26-16-7-5-6-8-17(16)27-19/h5-12H,1-4H3,(H,25,29)(H,26,27)(H,24,28,30). The Bertz CT molecular complexity index is 1250. The number of thiazole rings is 1. The summed E-state index contributed by atoms with van der Waals surface area (Å²) in [5.74, 6) is 0.467. The van der Waals surface area contributed by atoms with Gasteiger partial charge in [-0.1, -0.05) is 23.5 Å². The van der Waals surface area contributed by atoms with Crippen LogP contribution in [0.15, 0.2) is 48.5 Å². The smallest absolute Gasteiger partial charge is 0.413 e. The van der Waals surface area contributed by atoms with Crippen molar-refractivity contribution in [1.82, 2.24) is 15.0 Å². The van der Waals surface area contributed by atoms with E-state index in [9.17, 15) is 9.59 Å². The third-order valence-corrected chi connectivity index (χ3v) is 5.49. The zero-order valence-electron chi connectivity index (χ0n) is 18.1. The quantitative estimate of drug-likeness (QED) is 0.376. The molecule has 4 rings (SSSR count). The molecule has 2 heterocycles. The van der Waals surface area contributed by atoms with E-state index >= 15 is 0 Å². The number of hydrogen-bond acceptors (Lipinski definition) is 6. The second-order valence-electron chi connectivity index (χ2n) is 8.19. The number of rotatable bonds is 4. The van der Waals surface area contributed by atoms with Gasteiger partial charge in [0.15, 0.2) is 5.13 Å². The first-order valence-electron chi connectivity index (χ1n) is 10.0. The summed E-state index contributed by atoms with van der Waals surface area (Å²) in [7, 11) is 0. The highest BCUT2D eigenvalue weighted by Crippen LogP contribution is 2.26. The third-order valence-electron chi connectivity index (χ3n) is 4.42. The van der Waals surface area contributed by atoms with E-state index in [1.54, 1.807) is 27.7 Å². The number of amides is 2. The minimum Gasteiger partial charge on any atom is -0.444 e. The maximum absolute atomic E-state index is 12.7. The number of H-pyrrole nitrogens is 1. The van der Waals surface area contributed by atoms with Gasteiger partial charge in [-0.15, -0.1) is 0 Å². The van der Waals surface area contributed by atoms with E-state index in [4.69, 9.17) is 4.74 Å². The summed E-state index contributed by atoms with van der Waals surface area (Å²) in [4.78, 5) is 37.2. The zero-order valence-corrected chi connectivity index (χ0v) is 19.0. The van der Waals surface area contributed by atoms with Crippen molar-refractivity contribution in [3.05, 3.63) is 59.1 Å². The number of nitrogens with zero attached hydrogens (tertiary/aromatic N) is 2. The normalized spacial score (nSPS) is 11.4. The highest BCUT2D eigenvalue weighted by Gasteiger charge is 2.20. The molecule has 0 aliphatic heterocycles. The Labute approximate surface area is 189 Å². The van der Waals surface area contributed by atoms with Crippen LogP contribution in [0.3, 0.4) is 0 Å². The van der Waals surface area contributed by atoms with Crippen LogP contribution in [-0.2, 0) is 4.74 Å². The second-order valence-corrected chi connectivity index (χ2v) is 9.19. The lowest BCUT2D eigenvalue weighted by atomic mass is 10.2. The van der Waals surface area contributed by atoms with Crippen LogP contribution >= 0.6 is 11.3 Å². The Balaban J connectivity index is 1.43. The van der Waals surface area contributed by atoms with Crippen molar-refractivity contribution in [3.63, 3.8) is 0 Å². The molecule has 0 spiro atoms. The fourth-order valence-electron chi connectivity index (χ4n) is 3.04. The number of fused-ring (bicyclic) bond motifs is 1. The lowest BCUT2D eigenvalue weighted by molar-refractivity contribution is 0.0635. The van der Waals surface area contributed by atoms with Crippen LogP contribution in [0.2, 0.25) is 0 Å². The maximum atomic E-state index is 12.7. The Hall–Kier alpha value is -3.72. The fraction of sp³-hybridized carbons (Fsp3) is 0.217. The number of aromatic amines is 1. The number of para-hydroxylation sites is 2. The molecule has 0 aliphatic carbocycles. The van der Waals surface area contributed by atoms with E-state index in [0.717, 1.165) is 33.8 Å². The fourth-order valence-corrected chi connectivity index (χ4v) is 3.89. The van der Waals surface area contributed by atoms with E-state index in [1.807, 2.05) is 48.5 Å². The Morgan fingerprint density at radius 2 is 1.72 bits per heavy atom. The van der Waals surface area contributed by atoms with Crippen LogP contribution < -0.4 is 10.6 Å². The third kappa shape index (κ3) is 4.94. The van der Waals surface area contributed by atoms with Gasteiger partial charge in [-0.2, -0.15) is 0 Å². The average Bonchev–Trinajstić information content (AvgIpc) is 3.30. The predicted molar refractivity (Wildman–Crippen MR) is 126 cm³/mol. The molecule has 2 aromatic heterocycles. The monoisotopic (exact) mass is 449 g/mol. The molecule has 0 atom stereocenters. The van der Waals surface area contributed by atoms with E-state index in [0.29, 0.717) is 21.4 Å². The van der Waals surface area contributed by atoms with Gasteiger partial charge in [0, 0.05) is 11.3 Å². The van der Waals surface area contributed by atoms with Gasteiger partial charge in [-0.05, 0) is 64.1 Å². The van der Waals surface area contributed by atoms with Crippen molar-refractivity contribution in [1.29, 1.82) is 0 Å². The van der Waals surface area contributed by atoms with Crippen molar-refractivity contribution < 1.29 is 14.3 Å². The van der Waals surface area contributed by atoms with Crippen molar-refractivity contribution >= 4 is 45.2 Å². The minimum atomic E-state index is -0.620. The summed E-state index contributed by atoms with van der Waals surface area (Å²) in [6.07, 6.45) is -0.612. The predicted octanol–water partition coefficient (Wildman–Crippen LogP) is 5.59. The molecule has 0 saturated heterocycles. The SMILES string of the molecule is Cc1nc(NC(=O)OC(C)(C)C)sc1C(=O)Nc1ccc(-c2nc3ccccc3[nH]2)cc1. The van der Waals surface area contributed by atoms with Crippen LogP contribution in [0.1, 0.15) is 36.1 Å². The molecule has 0 radical (unpaired) electrons. The second kappa shape index (κ2) is 8.43. The maximum Gasteiger partial charge on any atom is 0.413 e. The van der Waals surface area contributed by atoms with Gasteiger partial charge in [-0.3, -0.25) is 10.1 Å². The number of imidazole rings is 1. The van der Waals surface area contributed by atoms with Crippen LogP contribution in [0, 0.1) is 6.92 Å². The highest BCUT2D eigenvalue weighted by atomic mass is 32.1. The van der Waals surface area contributed by atoms with Crippen LogP contribution in [-0.4, -0.2) is 32.6 Å². The van der Waals surface area contributed by atoms with Crippen molar-refractivity contribution in [2.45, 2.75) is 33.3 Å². The lowest BCUT2D eigenvalue weighted by Gasteiger charge is -2.18. The van der Waals surface area contributed by atoms with Gasteiger partial charge >= 0.3 is 6.09 Å². The number of ether oxygens (including phenoxy) is 1. The van der Waals surface area contributed by atoms with E-state index < -0.39 is 11.7 Å². The van der Waals surface area contributed by atoms with Crippen molar-refractivity contribution in [3.8, 4) is 11.4 Å². The van der Waals surface area contributed by atoms with Crippen LogP contribution in [0.4, 0.5) is 15.6 Å². The highest BCUT2D eigenvalue weighted by molar-refractivity contribution is 7.17. The number of aromatic nitrogens is 3.